The highest BCUT2D eigenvalue weighted by molar-refractivity contribution is 5.85. The van der Waals surface area contributed by atoms with Gasteiger partial charge in [-0.3, -0.25) is 5.32 Å². The van der Waals surface area contributed by atoms with E-state index >= 15 is 0 Å². The van der Waals surface area contributed by atoms with Crippen LogP contribution in [-0.2, 0) is 15.3 Å². The zero-order valence-electron chi connectivity index (χ0n) is 15.2. The quantitative estimate of drug-likeness (QED) is 0.652. The van der Waals surface area contributed by atoms with Gasteiger partial charge in [0.25, 0.3) is 0 Å². The minimum atomic E-state index is -1.17. The third-order valence-electron chi connectivity index (χ3n) is 4.57. The molecule has 7 heteroatoms. The summed E-state index contributed by atoms with van der Waals surface area (Å²) in [5.74, 6) is -0.841. The highest BCUT2D eigenvalue weighted by Crippen LogP contribution is 2.42. The van der Waals surface area contributed by atoms with Crippen LogP contribution in [0.3, 0.4) is 0 Å². The summed E-state index contributed by atoms with van der Waals surface area (Å²) in [5, 5.41) is 11.1. The molecule has 27 heavy (non-hydrogen) atoms. The van der Waals surface area contributed by atoms with Gasteiger partial charge in [0, 0.05) is 16.5 Å². The summed E-state index contributed by atoms with van der Waals surface area (Å²) in [4.78, 5) is 18.1. The van der Waals surface area contributed by atoms with Gasteiger partial charge in [0.05, 0.1) is 24.2 Å². The van der Waals surface area contributed by atoms with Crippen molar-refractivity contribution >= 4 is 23.1 Å². The fourth-order valence-electron chi connectivity index (χ4n) is 3.21. The predicted octanol–water partition coefficient (Wildman–Crippen LogP) is 3.93. The number of carbonyl (C=O) groups is 1. The van der Waals surface area contributed by atoms with E-state index in [1.54, 1.807) is 0 Å². The number of hydrogen-bond acceptors (Lipinski definition) is 4. The second-order valence-corrected chi connectivity index (χ2v) is 7.47. The van der Waals surface area contributed by atoms with Gasteiger partial charge in [-0.25, -0.2) is 9.78 Å². The summed E-state index contributed by atoms with van der Waals surface area (Å²) in [7, 11) is 0. The molecule has 7 nitrogen and oxygen atoms in total. The van der Waals surface area contributed by atoms with Crippen LogP contribution in [0.1, 0.15) is 25.0 Å². The van der Waals surface area contributed by atoms with E-state index in [9.17, 15) is 4.79 Å². The van der Waals surface area contributed by atoms with Crippen LogP contribution in [0.15, 0.2) is 48.5 Å². The Morgan fingerprint density at radius 2 is 1.81 bits per heavy atom. The molecule has 1 aliphatic rings. The van der Waals surface area contributed by atoms with Gasteiger partial charge in [-0.2, -0.15) is 0 Å². The lowest BCUT2D eigenvalue weighted by molar-refractivity contribution is -0.284. The minimum absolute atomic E-state index is 0.0745. The molecule has 0 aliphatic carbocycles. The second-order valence-electron chi connectivity index (χ2n) is 7.47. The van der Waals surface area contributed by atoms with Crippen LogP contribution < -0.4 is 5.32 Å². The number of aromatic nitrogens is 2. The lowest BCUT2D eigenvalue weighted by Crippen LogP contribution is -2.46. The Kier molecular flexibility index (Phi) is 4.13. The number of benzene rings is 2. The van der Waals surface area contributed by atoms with Gasteiger partial charge in [0.1, 0.15) is 0 Å². The molecule has 0 atom stereocenters. The Bertz CT molecular complexity index is 971. The molecule has 3 N–H and O–H groups in total. The maximum absolute atomic E-state index is 10.8. The van der Waals surface area contributed by atoms with Crippen molar-refractivity contribution in [1.82, 2.24) is 9.97 Å². The SMILES string of the molecule is CC1(C)COC(c2ccccc2)(c2ccc3nc(NC(=O)O)[nH]c3c2)OC1. The third-order valence-corrected chi connectivity index (χ3v) is 4.57. The maximum Gasteiger partial charge on any atom is 0.411 e. The monoisotopic (exact) mass is 367 g/mol. The molecule has 1 saturated heterocycles. The van der Waals surface area contributed by atoms with E-state index in [0.717, 1.165) is 11.1 Å². The largest absolute Gasteiger partial charge is 0.465 e. The van der Waals surface area contributed by atoms with Crippen molar-refractivity contribution in [3.63, 3.8) is 0 Å². The van der Waals surface area contributed by atoms with Gasteiger partial charge >= 0.3 is 6.09 Å². The summed E-state index contributed by atoms with van der Waals surface area (Å²) in [6.45, 7) is 5.30. The number of ether oxygens (including phenoxy) is 2. The van der Waals surface area contributed by atoms with Crippen LogP contribution >= 0.6 is 0 Å². The summed E-state index contributed by atoms with van der Waals surface area (Å²) in [6, 6.07) is 15.4. The summed E-state index contributed by atoms with van der Waals surface area (Å²) < 4.78 is 12.6. The fourth-order valence-corrected chi connectivity index (χ4v) is 3.21. The molecular formula is C20H21N3O4. The molecule has 0 radical (unpaired) electrons. The summed E-state index contributed by atoms with van der Waals surface area (Å²) in [5.41, 5.74) is 3.01. The van der Waals surface area contributed by atoms with Crippen molar-refractivity contribution in [2.24, 2.45) is 5.41 Å². The number of rotatable bonds is 3. The standard InChI is InChI=1S/C20H21N3O4/c1-19(2)11-26-20(27-12-19,13-6-4-3-5-7-13)14-8-9-15-16(10-14)22-17(21-15)23-18(24)25/h3-10H,11-12H2,1-2H3,(H,24,25)(H2,21,22,23). The molecule has 0 spiro atoms. The van der Waals surface area contributed by atoms with Gasteiger partial charge in [-0.1, -0.05) is 50.2 Å². The number of hydrogen-bond donors (Lipinski definition) is 3. The second kappa shape index (κ2) is 6.37. The molecule has 0 saturated carbocycles. The Hall–Kier alpha value is -2.90. The van der Waals surface area contributed by atoms with Crippen LogP contribution in [0.4, 0.5) is 10.7 Å². The van der Waals surface area contributed by atoms with Crippen LogP contribution in [0.2, 0.25) is 0 Å². The van der Waals surface area contributed by atoms with Gasteiger partial charge in [-0.15, -0.1) is 0 Å². The molecule has 0 bridgehead atoms. The van der Waals surface area contributed by atoms with E-state index < -0.39 is 11.9 Å². The summed E-state index contributed by atoms with van der Waals surface area (Å²) >= 11 is 0. The first-order chi connectivity index (χ1) is 12.9. The van der Waals surface area contributed by atoms with E-state index in [2.05, 4.69) is 29.1 Å². The van der Waals surface area contributed by atoms with E-state index in [1.165, 1.54) is 0 Å². The Morgan fingerprint density at radius 3 is 2.48 bits per heavy atom. The van der Waals surface area contributed by atoms with Crippen molar-refractivity contribution in [2.45, 2.75) is 19.6 Å². The molecular weight excluding hydrogens is 346 g/mol. The third kappa shape index (κ3) is 3.27. The molecule has 2 aromatic carbocycles. The number of nitrogens with zero attached hydrogens (tertiary/aromatic N) is 1. The lowest BCUT2D eigenvalue weighted by Gasteiger charge is -2.44. The normalized spacial score (nSPS) is 18.3. The van der Waals surface area contributed by atoms with E-state index in [0.29, 0.717) is 24.2 Å². The first kappa shape index (κ1) is 17.5. The van der Waals surface area contributed by atoms with Crippen LogP contribution in [0.5, 0.6) is 0 Å². The number of H-pyrrole nitrogens is 1. The molecule has 140 valence electrons. The first-order valence-electron chi connectivity index (χ1n) is 8.72. The molecule has 1 aliphatic heterocycles. The number of anilines is 1. The van der Waals surface area contributed by atoms with E-state index in [1.807, 2.05) is 48.5 Å². The van der Waals surface area contributed by atoms with E-state index in [4.69, 9.17) is 14.6 Å². The summed E-state index contributed by atoms with van der Waals surface area (Å²) in [6.07, 6.45) is -1.17. The lowest BCUT2D eigenvalue weighted by atomic mass is 9.90. The molecule has 2 heterocycles. The molecule has 1 fully saturated rings. The number of fused-ring (bicyclic) bond motifs is 1. The van der Waals surface area contributed by atoms with Crippen molar-refractivity contribution < 1.29 is 19.4 Å². The average molecular weight is 367 g/mol. The van der Waals surface area contributed by atoms with Gasteiger partial charge < -0.3 is 19.6 Å². The van der Waals surface area contributed by atoms with Gasteiger partial charge in [0.15, 0.2) is 0 Å². The van der Waals surface area contributed by atoms with Crippen LogP contribution in [0, 0.1) is 5.41 Å². The number of amides is 1. The minimum Gasteiger partial charge on any atom is -0.465 e. The first-order valence-corrected chi connectivity index (χ1v) is 8.72. The highest BCUT2D eigenvalue weighted by Gasteiger charge is 2.43. The van der Waals surface area contributed by atoms with Crippen molar-refractivity contribution in [1.29, 1.82) is 0 Å². The smallest absolute Gasteiger partial charge is 0.411 e. The fraction of sp³-hybridized carbons (Fsp3) is 0.300. The van der Waals surface area contributed by atoms with Crippen LogP contribution in [-0.4, -0.2) is 34.4 Å². The number of imidazole rings is 1. The van der Waals surface area contributed by atoms with Crippen LogP contribution in [0.25, 0.3) is 11.0 Å². The number of carboxylic acid groups (broad SMARTS) is 1. The van der Waals surface area contributed by atoms with Crippen molar-refractivity contribution in [2.75, 3.05) is 18.5 Å². The molecule has 0 unspecified atom stereocenters. The molecule has 3 aromatic rings. The van der Waals surface area contributed by atoms with Crippen molar-refractivity contribution in [3.8, 4) is 0 Å². The number of aromatic amines is 1. The Labute approximate surface area is 156 Å². The molecule has 4 rings (SSSR count). The average Bonchev–Trinajstić information content (AvgIpc) is 3.03. The zero-order valence-corrected chi connectivity index (χ0v) is 15.2. The van der Waals surface area contributed by atoms with Crippen molar-refractivity contribution in [3.05, 3.63) is 59.7 Å². The molecule has 1 amide bonds. The Balaban J connectivity index is 1.79. The topological polar surface area (TPSA) is 96.5 Å². The highest BCUT2D eigenvalue weighted by atomic mass is 16.7. The predicted molar refractivity (Wildman–Crippen MR) is 101 cm³/mol. The molecule has 1 aromatic heterocycles. The zero-order chi connectivity index (χ0) is 19.1. The maximum atomic E-state index is 10.8. The van der Waals surface area contributed by atoms with Gasteiger partial charge in [0.2, 0.25) is 11.7 Å². The Morgan fingerprint density at radius 1 is 1.11 bits per heavy atom. The van der Waals surface area contributed by atoms with Gasteiger partial charge in [-0.05, 0) is 12.1 Å². The van der Waals surface area contributed by atoms with E-state index in [-0.39, 0.29) is 11.4 Å². The number of nitrogens with one attached hydrogen (secondary N) is 2.